The van der Waals surface area contributed by atoms with Gasteiger partial charge in [-0.3, -0.25) is 19.4 Å². The van der Waals surface area contributed by atoms with Gasteiger partial charge in [0.15, 0.2) is 0 Å². The normalized spacial score (nSPS) is 20.5. The van der Waals surface area contributed by atoms with Gasteiger partial charge in [0.1, 0.15) is 0 Å². The molecule has 7 nitrogen and oxygen atoms in total. The number of carbonyl (C=O) groups excluding carboxylic acids is 1. The van der Waals surface area contributed by atoms with E-state index in [1.807, 2.05) is 31.4 Å². The summed E-state index contributed by atoms with van der Waals surface area (Å²) in [6, 6.07) is 10.5. The first-order valence-corrected chi connectivity index (χ1v) is 10.5. The van der Waals surface area contributed by atoms with Crippen LogP contribution >= 0.6 is 0 Å². The molecule has 2 bridgehead atoms. The minimum atomic E-state index is -0.178. The van der Waals surface area contributed by atoms with Crippen LogP contribution in [0.3, 0.4) is 0 Å². The third-order valence-electron chi connectivity index (χ3n) is 5.90. The zero-order valence-corrected chi connectivity index (χ0v) is 17.4. The molecule has 2 fully saturated rings. The zero-order valence-electron chi connectivity index (χ0n) is 17.4. The Morgan fingerprint density at radius 1 is 1.26 bits per heavy atom. The second kappa shape index (κ2) is 8.45. The zero-order chi connectivity index (χ0) is 21.2. The molecule has 158 valence electrons. The number of morpholine rings is 1. The lowest BCUT2D eigenvalue weighted by atomic mass is 10.0. The summed E-state index contributed by atoms with van der Waals surface area (Å²) in [6.45, 7) is 2.80. The van der Waals surface area contributed by atoms with Crippen LogP contribution < -0.4 is 5.32 Å². The van der Waals surface area contributed by atoms with Crippen molar-refractivity contribution < 1.29 is 9.53 Å². The van der Waals surface area contributed by atoms with Crippen LogP contribution in [0.15, 0.2) is 61.2 Å². The molecule has 2 aliphatic heterocycles. The molecular weight excluding hydrogens is 390 g/mol. The van der Waals surface area contributed by atoms with Gasteiger partial charge < -0.3 is 10.1 Å². The summed E-state index contributed by atoms with van der Waals surface area (Å²) in [5, 5.41) is 7.15. The number of aryl methyl sites for hydroxylation is 1. The van der Waals surface area contributed by atoms with Crippen molar-refractivity contribution in [1.29, 1.82) is 0 Å². The molecule has 3 aromatic rings. The number of nitrogens with one attached hydrogen (secondary N) is 1. The number of carbonyl (C=O) groups is 1. The highest BCUT2D eigenvalue weighted by molar-refractivity contribution is 6.02. The average molecular weight is 415 g/mol. The van der Waals surface area contributed by atoms with Crippen LogP contribution in [-0.2, 0) is 23.1 Å². The summed E-state index contributed by atoms with van der Waals surface area (Å²) in [7, 11) is 1.88. The van der Waals surface area contributed by atoms with Gasteiger partial charge in [-0.1, -0.05) is 12.1 Å². The maximum absolute atomic E-state index is 12.4. The van der Waals surface area contributed by atoms with Crippen molar-refractivity contribution >= 4 is 17.7 Å². The lowest BCUT2D eigenvalue weighted by Gasteiger charge is -2.26. The van der Waals surface area contributed by atoms with Crippen molar-refractivity contribution in [3.63, 3.8) is 0 Å². The van der Waals surface area contributed by atoms with Gasteiger partial charge in [0.25, 0.3) is 0 Å². The molecule has 4 heterocycles. The van der Waals surface area contributed by atoms with Gasteiger partial charge in [-0.2, -0.15) is 5.10 Å². The number of hydrogen-bond acceptors (Lipinski definition) is 5. The number of nitrogens with zero attached hydrogens (tertiary/aromatic N) is 4. The minimum absolute atomic E-state index is 0.178. The summed E-state index contributed by atoms with van der Waals surface area (Å²) >= 11 is 0. The average Bonchev–Trinajstić information content (AvgIpc) is 3.51. The molecule has 2 aliphatic rings. The Kier molecular flexibility index (Phi) is 5.36. The van der Waals surface area contributed by atoms with Crippen LogP contribution in [0.1, 0.15) is 17.5 Å². The molecule has 0 saturated carbocycles. The summed E-state index contributed by atoms with van der Waals surface area (Å²) in [4.78, 5) is 19.1. The van der Waals surface area contributed by atoms with E-state index in [9.17, 15) is 4.79 Å². The predicted molar refractivity (Wildman–Crippen MR) is 119 cm³/mol. The van der Waals surface area contributed by atoms with E-state index < -0.39 is 0 Å². The Hall–Kier alpha value is -3.29. The molecule has 0 aliphatic carbocycles. The summed E-state index contributed by atoms with van der Waals surface area (Å²) in [5.74, 6) is -0.178. The van der Waals surface area contributed by atoms with Gasteiger partial charge in [0.05, 0.1) is 18.9 Å². The Morgan fingerprint density at radius 3 is 2.84 bits per heavy atom. The lowest BCUT2D eigenvalue weighted by Crippen LogP contribution is -2.36. The van der Waals surface area contributed by atoms with E-state index in [0.29, 0.717) is 12.1 Å². The van der Waals surface area contributed by atoms with Crippen LogP contribution in [0.2, 0.25) is 0 Å². The minimum Gasteiger partial charge on any atom is -0.375 e. The number of hydrogen-bond donors (Lipinski definition) is 1. The van der Waals surface area contributed by atoms with Crippen LogP contribution in [0, 0.1) is 0 Å². The van der Waals surface area contributed by atoms with Crippen molar-refractivity contribution in [2.45, 2.75) is 25.1 Å². The molecule has 5 rings (SSSR count). The molecular formula is C24H25N5O2. The summed E-state index contributed by atoms with van der Waals surface area (Å²) in [6.07, 6.45) is 12.1. The second-order valence-corrected chi connectivity index (χ2v) is 8.16. The van der Waals surface area contributed by atoms with Gasteiger partial charge >= 0.3 is 0 Å². The molecule has 1 N–H and O–H groups in total. The van der Waals surface area contributed by atoms with E-state index >= 15 is 0 Å². The fourth-order valence-corrected chi connectivity index (χ4v) is 4.31. The third-order valence-corrected chi connectivity index (χ3v) is 5.90. The first kappa shape index (κ1) is 19.7. The quantitative estimate of drug-likeness (QED) is 0.627. The molecule has 0 radical (unpaired) electrons. The second-order valence-electron chi connectivity index (χ2n) is 8.16. The Labute approximate surface area is 181 Å². The van der Waals surface area contributed by atoms with Crippen molar-refractivity contribution in [3.8, 4) is 11.1 Å². The van der Waals surface area contributed by atoms with Crippen LogP contribution in [0.5, 0.6) is 0 Å². The highest BCUT2D eigenvalue weighted by Gasteiger charge is 2.38. The monoisotopic (exact) mass is 415 g/mol. The summed E-state index contributed by atoms with van der Waals surface area (Å²) in [5.41, 5.74) is 4.86. The molecule has 2 atom stereocenters. The molecule has 2 unspecified atom stereocenters. The van der Waals surface area contributed by atoms with E-state index in [1.54, 1.807) is 29.3 Å². The lowest BCUT2D eigenvalue weighted by molar-refractivity contribution is -0.111. The smallest absolute Gasteiger partial charge is 0.248 e. The number of likely N-dealkylation sites (tertiary alicyclic amines) is 1. The number of ether oxygens (including phenoxy) is 1. The van der Waals surface area contributed by atoms with Gasteiger partial charge in [0, 0.05) is 67.7 Å². The number of amides is 1. The SMILES string of the molecule is Cn1cc(-c2ccncc2C=CC(=O)Nc2ccc(CN3CC4CC3CO4)cc2)cn1. The molecule has 0 spiro atoms. The molecule has 31 heavy (non-hydrogen) atoms. The first-order valence-electron chi connectivity index (χ1n) is 10.5. The number of fused-ring (bicyclic) bond motifs is 2. The highest BCUT2D eigenvalue weighted by atomic mass is 16.5. The van der Waals surface area contributed by atoms with Crippen molar-refractivity contribution in [3.05, 3.63) is 72.3 Å². The summed E-state index contributed by atoms with van der Waals surface area (Å²) < 4.78 is 7.42. The Morgan fingerprint density at radius 2 is 2.13 bits per heavy atom. The van der Waals surface area contributed by atoms with Gasteiger partial charge in [-0.15, -0.1) is 0 Å². The van der Waals surface area contributed by atoms with E-state index in [4.69, 9.17) is 4.74 Å². The Bertz CT molecular complexity index is 1110. The number of aromatic nitrogens is 3. The number of pyridine rings is 1. The fraction of sp³-hybridized carbons (Fsp3) is 0.292. The third kappa shape index (κ3) is 4.42. The van der Waals surface area contributed by atoms with E-state index in [2.05, 4.69) is 32.4 Å². The van der Waals surface area contributed by atoms with E-state index in [-0.39, 0.29) is 5.91 Å². The van der Waals surface area contributed by atoms with Crippen molar-refractivity contribution in [1.82, 2.24) is 19.7 Å². The van der Waals surface area contributed by atoms with Gasteiger partial charge in [-0.25, -0.2) is 0 Å². The van der Waals surface area contributed by atoms with Gasteiger partial charge in [-0.05, 0) is 41.8 Å². The van der Waals surface area contributed by atoms with E-state index in [1.165, 1.54) is 11.6 Å². The molecule has 7 heteroatoms. The molecule has 2 aromatic heterocycles. The fourth-order valence-electron chi connectivity index (χ4n) is 4.31. The first-order chi connectivity index (χ1) is 15.1. The largest absolute Gasteiger partial charge is 0.375 e. The standard InChI is InChI=1S/C24H25N5O2/c1-28-14-19(12-26-28)23-8-9-25-11-18(23)4-7-24(30)27-20-5-2-17(3-6-20)13-29-15-22-10-21(29)16-31-22/h2-9,11-12,14,21-22H,10,13,15-16H2,1H3,(H,27,30). The predicted octanol–water partition coefficient (Wildman–Crippen LogP) is 3.11. The Balaban J connectivity index is 1.21. The topological polar surface area (TPSA) is 72.3 Å². The molecule has 2 saturated heterocycles. The molecule has 1 amide bonds. The van der Waals surface area contributed by atoms with Crippen LogP contribution in [0.4, 0.5) is 5.69 Å². The van der Waals surface area contributed by atoms with Crippen molar-refractivity contribution in [2.24, 2.45) is 7.05 Å². The number of anilines is 1. The maximum atomic E-state index is 12.4. The van der Waals surface area contributed by atoms with Crippen molar-refractivity contribution in [2.75, 3.05) is 18.5 Å². The molecule has 1 aromatic carbocycles. The number of rotatable bonds is 6. The number of benzene rings is 1. The van der Waals surface area contributed by atoms with Crippen LogP contribution in [-0.4, -0.2) is 50.9 Å². The van der Waals surface area contributed by atoms with Crippen LogP contribution in [0.25, 0.3) is 17.2 Å². The highest BCUT2D eigenvalue weighted by Crippen LogP contribution is 2.29. The van der Waals surface area contributed by atoms with E-state index in [0.717, 1.165) is 48.5 Å². The van der Waals surface area contributed by atoms with Gasteiger partial charge in [0.2, 0.25) is 5.91 Å². The maximum Gasteiger partial charge on any atom is 0.248 e.